The quantitative estimate of drug-likeness (QED) is 0.406. The molecule has 1 atom stereocenters. The fourth-order valence-corrected chi connectivity index (χ4v) is 7.25. The summed E-state index contributed by atoms with van der Waals surface area (Å²) >= 11 is 3.71. The van der Waals surface area contributed by atoms with Crippen molar-refractivity contribution in [2.75, 3.05) is 45.1 Å². The number of rotatable bonds is 6. The normalized spacial score (nSPS) is 18.1. The average Bonchev–Trinajstić information content (AvgIpc) is 3.54. The molecular formula is C26H30N6S2. The molecule has 1 aliphatic carbocycles. The molecule has 1 saturated heterocycles. The highest BCUT2D eigenvalue weighted by Crippen LogP contribution is 2.40. The smallest absolute Gasteiger partial charge is 0.164 e. The van der Waals surface area contributed by atoms with Crippen molar-refractivity contribution in [2.24, 2.45) is 0 Å². The standard InChI is InChI=1S/C26H30N6S2/c1-31-11-13-32(14-12-31)20(22-9-5-15-33-22)17-28-25-23-19-7-2-3-8-21(19)34-26(23)30-24(29-25)18-6-4-10-27-16-18/h4-6,9-10,15-16,20H,2-3,7-8,11-14,17H2,1H3,(H,28,29,30)/t20-/m1/s1. The molecule has 0 aromatic carbocycles. The predicted octanol–water partition coefficient (Wildman–Crippen LogP) is 5.09. The van der Waals surface area contributed by atoms with Crippen molar-refractivity contribution in [3.63, 3.8) is 0 Å². The highest BCUT2D eigenvalue weighted by molar-refractivity contribution is 7.19. The summed E-state index contributed by atoms with van der Waals surface area (Å²) in [7, 11) is 2.22. The number of aromatic nitrogens is 3. The molecule has 1 N–H and O–H groups in total. The first kappa shape index (κ1) is 22.1. The Labute approximate surface area is 208 Å². The minimum Gasteiger partial charge on any atom is -0.367 e. The van der Waals surface area contributed by atoms with E-state index in [1.165, 1.54) is 33.5 Å². The molecule has 0 bridgehead atoms. The maximum atomic E-state index is 5.08. The Bertz CT molecular complexity index is 1250. The molecule has 34 heavy (non-hydrogen) atoms. The zero-order chi connectivity index (χ0) is 22.9. The van der Waals surface area contributed by atoms with Gasteiger partial charge in [-0.1, -0.05) is 6.07 Å². The predicted molar refractivity (Wildman–Crippen MR) is 142 cm³/mol. The van der Waals surface area contributed by atoms with Gasteiger partial charge in [-0.3, -0.25) is 9.88 Å². The van der Waals surface area contributed by atoms with Crippen LogP contribution >= 0.6 is 22.7 Å². The summed E-state index contributed by atoms with van der Waals surface area (Å²) in [6.07, 6.45) is 8.48. The Morgan fingerprint density at radius 1 is 1.06 bits per heavy atom. The van der Waals surface area contributed by atoms with Gasteiger partial charge in [-0.15, -0.1) is 22.7 Å². The third-order valence-corrected chi connectivity index (χ3v) is 9.21. The number of likely N-dealkylation sites (N-methyl/N-ethyl adjacent to an activating group) is 1. The van der Waals surface area contributed by atoms with Gasteiger partial charge in [0.05, 0.1) is 11.4 Å². The highest BCUT2D eigenvalue weighted by atomic mass is 32.1. The van der Waals surface area contributed by atoms with Crippen molar-refractivity contribution >= 4 is 38.7 Å². The average molecular weight is 491 g/mol. The Morgan fingerprint density at radius 2 is 1.94 bits per heavy atom. The van der Waals surface area contributed by atoms with Gasteiger partial charge in [0.2, 0.25) is 0 Å². The Morgan fingerprint density at radius 3 is 2.74 bits per heavy atom. The Hall–Kier alpha value is -2.39. The largest absolute Gasteiger partial charge is 0.367 e. The number of hydrogen-bond acceptors (Lipinski definition) is 8. The van der Waals surface area contributed by atoms with E-state index in [1.807, 2.05) is 41.0 Å². The zero-order valence-corrected chi connectivity index (χ0v) is 21.2. The van der Waals surface area contributed by atoms with Crippen molar-refractivity contribution in [2.45, 2.75) is 31.7 Å². The lowest BCUT2D eigenvalue weighted by Gasteiger charge is -2.37. The van der Waals surface area contributed by atoms with Crippen molar-refractivity contribution in [3.8, 4) is 11.4 Å². The number of piperazine rings is 1. The number of pyridine rings is 1. The van der Waals surface area contributed by atoms with Crippen LogP contribution in [0.25, 0.3) is 21.6 Å². The van der Waals surface area contributed by atoms with Gasteiger partial charge in [0.15, 0.2) is 5.82 Å². The summed E-state index contributed by atoms with van der Waals surface area (Å²) in [5.74, 6) is 1.74. The molecule has 1 aliphatic heterocycles. The number of aryl methyl sites for hydroxylation is 2. The fraction of sp³-hybridized carbons (Fsp3) is 0.423. The third kappa shape index (κ3) is 4.35. The number of thiophene rings is 2. The summed E-state index contributed by atoms with van der Waals surface area (Å²) in [6.45, 7) is 5.25. The highest BCUT2D eigenvalue weighted by Gasteiger charge is 2.26. The molecule has 176 valence electrons. The monoisotopic (exact) mass is 490 g/mol. The van der Waals surface area contributed by atoms with Crippen molar-refractivity contribution < 1.29 is 0 Å². The Balaban J connectivity index is 1.37. The van der Waals surface area contributed by atoms with Crippen LogP contribution in [0.2, 0.25) is 0 Å². The number of fused-ring (bicyclic) bond motifs is 3. The Kier molecular flexibility index (Phi) is 6.30. The summed E-state index contributed by atoms with van der Waals surface area (Å²) < 4.78 is 0. The van der Waals surface area contributed by atoms with Crippen LogP contribution in [0.1, 0.15) is 34.2 Å². The molecule has 0 radical (unpaired) electrons. The first-order valence-corrected chi connectivity index (χ1v) is 13.9. The van der Waals surface area contributed by atoms with Crippen LogP contribution in [0, 0.1) is 0 Å². The zero-order valence-electron chi connectivity index (χ0n) is 19.5. The molecule has 0 amide bonds. The molecule has 0 unspecified atom stereocenters. The summed E-state index contributed by atoms with van der Waals surface area (Å²) in [4.78, 5) is 23.5. The number of nitrogens with one attached hydrogen (secondary N) is 1. The molecule has 5 heterocycles. The van der Waals surface area contributed by atoms with E-state index in [0.29, 0.717) is 6.04 Å². The van der Waals surface area contributed by atoms with E-state index < -0.39 is 0 Å². The van der Waals surface area contributed by atoms with Gasteiger partial charge in [-0.25, -0.2) is 9.97 Å². The van der Waals surface area contributed by atoms with Crippen molar-refractivity contribution in [1.29, 1.82) is 0 Å². The fourth-order valence-electron chi connectivity index (χ4n) is 5.13. The number of hydrogen-bond donors (Lipinski definition) is 1. The third-order valence-electron chi connectivity index (χ3n) is 7.05. The van der Waals surface area contributed by atoms with Gasteiger partial charge < -0.3 is 10.2 Å². The van der Waals surface area contributed by atoms with Gasteiger partial charge in [0.25, 0.3) is 0 Å². The van der Waals surface area contributed by atoms with Crippen LogP contribution in [0.15, 0.2) is 42.0 Å². The first-order chi connectivity index (χ1) is 16.8. The van der Waals surface area contributed by atoms with Crippen molar-refractivity contribution in [1.82, 2.24) is 24.8 Å². The molecule has 6 rings (SSSR count). The van der Waals surface area contributed by atoms with Crippen LogP contribution < -0.4 is 5.32 Å². The summed E-state index contributed by atoms with van der Waals surface area (Å²) in [6, 6.07) is 8.79. The molecule has 6 nitrogen and oxygen atoms in total. The molecule has 0 saturated carbocycles. The second kappa shape index (κ2) is 9.70. The maximum Gasteiger partial charge on any atom is 0.164 e. The second-order valence-corrected chi connectivity index (χ2v) is 11.3. The molecule has 4 aromatic heterocycles. The van der Waals surface area contributed by atoms with E-state index in [4.69, 9.17) is 9.97 Å². The molecule has 2 aliphatic rings. The molecular weight excluding hydrogens is 460 g/mol. The van der Waals surface area contributed by atoms with E-state index in [1.54, 1.807) is 6.20 Å². The first-order valence-electron chi connectivity index (χ1n) is 12.2. The molecule has 0 spiro atoms. The van der Waals surface area contributed by atoms with Crippen LogP contribution in [-0.2, 0) is 12.8 Å². The number of anilines is 1. The second-order valence-electron chi connectivity index (χ2n) is 9.28. The lowest BCUT2D eigenvalue weighted by molar-refractivity contribution is 0.118. The molecule has 1 fully saturated rings. The van der Waals surface area contributed by atoms with Crippen LogP contribution in [-0.4, -0.2) is 64.5 Å². The number of nitrogens with zero attached hydrogens (tertiary/aromatic N) is 5. The van der Waals surface area contributed by atoms with E-state index in [9.17, 15) is 0 Å². The van der Waals surface area contributed by atoms with E-state index >= 15 is 0 Å². The van der Waals surface area contributed by atoms with Gasteiger partial charge in [0, 0.05) is 60.4 Å². The molecule has 4 aromatic rings. The van der Waals surface area contributed by atoms with Gasteiger partial charge >= 0.3 is 0 Å². The molecule has 8 heteroatoms. The maximum absolute atomic E-state index is 5.08. The lowest BCUT2D eigenvalue weighted by atomic mass is 9.97. The van der Waals surface area contributed by atoms with Crippen LogP contribution in [0.3, 0.4) is 0 Å². The van der Waals surface area contributed by atoms with Gasteiger partial charge in [-0.05, 0) is 61.9 Å². The SMILES string of the molecule is CN1CCN([C@H](CNc2nc(-c3cccnc3)nc3sc4c(c23)CCCC4)c2cccs2)CC1. The minimum atomic E-state index is 0.343. The van der Waals surface area contributed by atoms with Crippen LogP contribution in [0.4, 0.5) is 5.82 Å². The van der Waals surface area contributed by atoms with Crippen molar-refractivity contribution in [3.05, 3.63) is 57.4 Å². The topological polar surface area (TPSA) is 57.2 Å². The van der Waals surface area contributed by atoms with Gasteiger partial charge in [-0.2, -0.15) is 0 Å². The lowest BCUT2D eigenvalue weighted by Crippen LogP contribution is -2.47. The summed E-state index contributed by atoms with van der Waals surface area (Å²) in [5.41, 5.74) is 2.44. The summed E-state index contributed by atoms with van der Waals surface area (Å²) in [5, 5.41) is 7.25. The van der Waals surface area contributed by atoms with E-state index in [2.05, 4.69) is 44.7 Å². The van der Waals surface area contributed by atoms with E-state index in [-0.39, 0.29) is 0 Å². The van der Waals surface area contributed by atoms with Gasteiger partial charge in [0.1, 0.15) is 10.6 Å². The van der Waals surface area contributed by atoms with E-state index in [0.717, 1.165) is 67.6 Å². The minimum absolute atomic E-state index is 0.343. The van der Waals surface area contributed by atoms with Crippen LogP contribution in [0.5, 0.6) is 0 Å².